The van der Waals surface area contributed by atoms with Crippen LogP contribution in [0.2, 0.25) is 0 Å². The number of nitro benzene ring substituents is 1. The maximum atomic E-state index is 10.9. The molecule has 0 bridgehead atoms. The Morgan fingerprint density at radius 1 is 1.14 bits per heavy atom. The van der Waals surface area contributed by atoms with Crippen molar-refractivity contribution in [1.82, 2.24) is 29.8 Å². The molecule has 0 saturated carbocycles. The van der Waals surface area contributed by atoms with Crippen molar-refractivity contribution in [1.29, 1.82) is 0 Å². The maximum absolute atomic E-state index is 10.9. The van der Waals surface area contributed by atoms with Gasteiger partial charge in [0.1, 0.15) is 5.01 Å². The molecule has 0 amide bonds. The Bertz CT molecular complexity index is 1190. The van der Waals surface area contributed by atoms with Gasteiger partial charge >= 0.3 is 0 Å². The van der Waals surface area contributed by atoms with Gasteiger partial charge in [0.15, 0.2) is 4.34 Å². The number of nitro groups is 1. The first-order chi connectivity index (χ1) is 14.0. The zero-order valence-electron chi connectivity index (χ0n) is 15.5. The Balaban J connectivity index is 1.36. The van der Waals surface area contributed by atoms with E-state index in [-0.39, 0.29) is 10.6 Å². The van der Waals surface area contributed by atoms with Gasteiger partial charge in [0.05, 0.1) is 10.7 Å². The van der Waals surface area contributed by atoms with Crippen molar-refractivity contribution in [2.24, 2.45) is 0 Å². The van der Waals surface area contributed by atoms with Crippen LogP contribution in [0.4, 0.5) is 5.69 Å². The summed E-state index contributed by atoms with van der Waals surface area (Å²) in [6.07, 6.45) is 0. The normalized spacial score (nSPS) is 11.2. The minimum absolute atomic E-state index is 0.0947. The van der Waals surface area contributed by atoms with Crippen LogP contribution < -0.4 is 0 Å². The summed E-state index contributed by atoms with van der Waals surface area (Å²) in [4.78, 5) is 19.3. The summed E-state index contributed by atoms with van der Waals surface area (Å²) in [6.45, 7) is 3.91. The molecule has 0 radical (unpaired) electrons. The van der Waals surface area contributed by atoms with Gasteiger partial charge < -0.3 is 0 Å². The van der Waals surface area contributed by atoms with E-state index < -0.39 is 0 Å². The van der Waals surface area contributed by atoms with Gasteiger partial charge in [-0.25, -0.2) is 9.50 Å². The molecule has 0 fully saturated rings. The molecule has 0 aliphatic rings. The molecule has 0 aliphatic heterocycles. The molecule has 4 rings (SSSR count). The lowest BCUT2D eigenvalue weighted by molar-refractivity contribution is -0.384. The third-order valence-electron chi connectivity index (χ3n) is 3.86. The molecule has 0 aliphatic carbocycles. The standard InChI is InChI=1S/C17H15N7O2S3/c1-10-6-11(2)23-15(18-10)19-16(22-23)27-9-14-20-21-17(29-14)28-8-12-4-3-5-13(7-12)24(25)26/h3-7H,8-9H2,1-2H3. The van der Waals surface area contributed by atoms with Crippen molar-refractivity contribution >= 4 is 46.3 Å². The highest BCUT2D eigenvalue weighted by atomic mass is 32.2. The molecule has 12 heteroatoms. The van der Waals surface area contributed by atoms with E-state index in [1.54, 1.807) is 16.6 Å². The third kappa shape index (κ3) is 4.71. The molecule has 3 heterocycles. The highest BCUT2D eigenvalue weighted by molar-refractivity contribution is 8.00. The second-order valence-electron chi connectivity index (χ2n) is 6.11. The van der Waals surface area contributed by atoms with Crippen molar-refractivity contribution in [3.63, 3.8) is 0 Å². The van der Waals surface area contributed by atoms with Gasteiger partial charge in [-0.05, 0) is 25.5 Å². The van der Waals surface area contributed by atoms with E-state index in [1.807, 2.05) is 26.0 Å². The number of aromatic nitrogens is 6. The Morgan fingerprint density at radius 3 is 2.83 bits per heavy atom. The maximum Gasteiger partial charge on any atom is 0.269 e. The van der Waals surface area contributed by atoms with Crippen LogP contribution in [0.5, 0.6) is 0 Å². The quantitative estimate of drug-likeness (QED) is 0.236. The number of nitrogens with zero attached hydrogens (tertiary/aromatic N) is 7. The molecule has 3 aromatic heterocycles. The molecular weight excluding hydrogens is 430 g/mol. The van der Waals surface area contributed by atoms with Crippen LogP contribution in [0, 0.1) is 24.0 Å². The highest BCUT2D eigenvalue weighted by Crippen LogP contribution is 2.29. The molecule has 0 saturated heterocycles. The highest BCUT2D eigenvalue weighted by Gasteiger charge is 2.12. The zero-order valence-corrected chi connectivity index (χ0v) is 17.9. The Morgan fingerprint density at radius 2 is 2.00 bits per heavy atom. The van der Waals surface area contributed by atoms with Gasteiger partial charge in [-0.2, -0.15) is 4.98 Å². The first-order valence-corrected chi connectivity index (χ1v) is 11.3. The van der Waals surface area contributed by atoms with Gasteiger partial charge in [-0.1, -0.05) is 47.0 Å². The third-order valence-corrected chi connectivity index (χ3v) is 7.01. The van der Waals surface area contributed by atoms with Crippen molar-refractivity contribution < 1.29 is 4.92 Å². The fourth-order valence-electron chi connectivity index (χ4n) is 2.60. The zero-order chi connectivity index (χ0) is 20.4. The summed E-state index contributed by atoms with van der Waals surface area (Å²) in [5.41, 5.74) is 2.87. The van der Waals surface area contributed by atoms with Crippen molar-refractivity contribution in [3.8, 4) is 0 Å². The van der Waals surface area contributed by atoms with E-state index in [1.165, 1.54) is 40.9 Å². The lowest BCUT2D eigenvalue weighted by atomic mass is 10.2. The lowest BCUT2D eigenvalue weighted by Gasteiger charge is -1.98. The van der Waals surface area contributed by atoms with Crippen molar-refractivity contribution in [3.05, 3.63) is 62.4 Å². The monoisotopic (exact) mass is 445 g/mol. The number of hydrogen-bond acceptors (Lipinski definition) is 10. The summed E-state index contributed by atoms with van der Waals surface area (Å²) < 4.78 is 2.55. The number of rotatable bonds is 7. The Hall–Kier alpha value is -2.57. The Kier molecular flexibility index (Phi) is 5.74. The summed E-state index contributed by atoms with van der Waals surface area (Å²) in [7, 11) is 0. The smallest absolute Gasteiger partial charge is 0.258 e. The molecule has 29 heavy (non-hydrogen) atoms. The summed E-state index contributed by atoms with van der Waals surface area (Å²) >= 11 is 4.50. The van der Waals surface area contributed by atoms with Gasteiger partial charge in [-0.3, -0.25) is 10.1 Å². The van der Waals surface area contributed by atoms with Crippen LogP contribution in [0.15, 0.2) is 39.8 Å². The fraction of sp³-hybridized carbons (Fsp3) is 0.235. The van der Waals surface area contributed by atoms with Gasteiger partial charge in [0, 0.05) is 29.3 Å². The van der Waals surface area contributed by atoms with Gasteiger partial charge in [0.25, 0.3) is 11.5 Å². The minimum atomic E-state index is -0.389. The predicted octanol–water partition coefficient (Wildman–Crippen LogP) is 4.09. The summed E-state index contributed by atoms with van der Waals surface area (Å²) in [5, 5.41) is 25.3. The van der Waals surface area contributed by atoms with E-state index in [0.29, 0.717) is 22.4 Å². The molecule has 148 valence electrons. The Labute approximate surface area is 178 Å². The molecular formula is C17H15N7O2S3. The summed E-state index contributed by atoms with van der Waals surface area (Å²) in [5.74, 6) is 1.81. The van der Waals surface area contributed by atoms with E-state index in [0.717, 1.165) is 26.3 Å². The first-order valence-electron chi connectivity index (χ1n) is 8.50. The largest absolute Gasteiger partial charge is 0.269 e. The second-order valence-corrected chi connectivity index (χ2v) is 9.34. The van der Waals surface area contributed by atoms with Crippen molar-refractivity contribution in [2.45, 2.75) is 34.8 Å². The second kappa shape index (κ2) is 8.43. The molecule has 4 aromatic rings. The van der Waals surface area contributed by atoms with Crippen LogP contribution in [-0.4, -0.2) is 34.7 Å². The fourth-order valence-corrected chi connectivity index (χ4v) is 5.24. The van der Waals surface area contributed by atoms with E-state index >= 15 is 0 Å². The van der Waals surface area contributed by atoms with E-state index in [4.69, 9.17) is 0 Å². The van der Waals surface area contributed by atoms with Crippen LogP contribution in [-0.2, 0) is 11.5 Å². The topological polar surface area (TPSA) is 112 Å². The van der Waals surface area contributed by atoms with Crippen LogP contribution in [0.25, 0.3) is 5.78 Å². The number of aryl methyl sites for hydroxylation is 2. The van der Waals surface area contributed by atoms with E-state index in [2.05, 4.69) is 25.3 Å². The summed E-state index contributed by atoms with van der Waals surface area (Å²) in [6, 6.07) is 8.59. The number of fused-ring (bicyclic) bond motifs is 1. The number of hydrogen-bond donors (Lipinski definition) is 0. The molecule has 0 N–H and O–H groups in total. The van der Waals surface area contributed by atoms with Gasteiger partial charge in [-0.15, -0.1) is 15.3 Å². The molecule has 0 unspecified atom stereocenters. The molecule has 1 aromatic carbocycles. The molecule has 0 atom stereocenters. The minimum Gasteiger partial charge on any atom is -0.258 e. The number of thioether (sulfide) groups is 2. The lowest BCUT2D eigenvalue weighted by Crippen LogP contribution is -1.97. The average Bonchev–Trinajstić information content (AvgIpc) is 3.31. The predicted molar refractivity (Wildman–Crippen MR) is 112 cm³/mol. The SMILES string of the molecule is Cc1cc(C)n2nc(SCc3nnc(SCc4cccc([N+](=O)[O-])c4)s3)nc2n1. The van der Waals surface area contributed by atoms with E-state index in [9.17, 15) is 10.1 Å². The van der Waals surface area contributed by atoms with Crippen molar-refractivity contribution in [2.75, 3.05) is 0 Å². The number of non-ortho nitro benzene ring substituents is 1. The van der Waals surface area contributed by atoms with Crippen LogP contribution in [0.3, 0.4) is 0 Å². The number of benzene rings is 1. The van der Waals surface area contributed by atoms with Crippen LogP contribution in [0.1, 0.15) is 22.0 Å². The van der Waals surface area contributed by atoms with Crippen LogP contribution >= 0.6 is 34.9 Å². The average molecular weight is 446 g/mol. The molecule has 0 spiro atoms. The van der Waals surface area contributed by atoms with Gasteiger partial charge in [0.2, 0.25) is 5.16 Å². The molecule has 9 nitrogen and oxygen atoms in total. The first kappa shape index (κ1) is 19.7.